The summed E-state index contributed by atoms with van der Waals surface area (Å²) < 4.78 is 32.1. The number of hydrogen-bond donors (Lipinski definition) is 0. The van der Waals surface area contributed by atoms with E-state index < -0.39 is 11.6 Å². The second-order valence-corrected chi connectivity index (χ2v) is 4.35. The van der Waals surface area contributed by atoms with E-state index in [-0.39, 0.29) is 16.8 Å². The summed E-state index contributed by atoms with van der Waals surface area (Å²) in [7, 11) is 0. The van der Waals surface area contributed by atoms with E-state index in [2.05, 4.69) is 9.97 Å². The molecule has 100 valence electrons. The van der Waals surface area contributed by atoms with Crippen LogP contribution in [-0.4, -0.2) is 9.97 Å². The van der Waals surface area contributed by atoms with Crippen molar-refractivity contribution in [1.29, 1.82) is 0 Å². The predicted octanol–water partition coefficient (Wildman–Crippen LogP) is 4.35. The van der Waals surface area contributed by atoms with Gasteiger partial charge in [0, 0.05) is 18.5 Å². The molecule has 2 aromatic heterocycles. The number of rotatable bonds is 2. The Labute approximate surface area is 117 Å². The first-order valence-corrected chi connectivity index (χ1v) is 6.05. The second kappa shape index (κ2) is 5.02. The Morgan fingerprint density at radius 1 is 1.00 bits per heavy atom. The van der Waals surface area contributed by atoms with Crippen molar-refractivity contribution in [3.63, 3.8) is 0 Å². The molecule has 0 fully saturated rings. The molecular formula is C14H7ClF2N2O. The van der Waals surface area contributed by atoms with Crippen LogP contribution >= 0.6 is 11.6 Å². The first-order chi connectivity index (χ1) is 9.65. The number of pyridine rings is 2. The van der Waals surface area contributed by atoms with Crippen LogP contribution in [0.2, 0.25) is 5.15 Å². The van der Waals surface area contributed by atoms with Crippen LogP contribution in [0.15, 0.2) is 42.7 Å². The number of benzene rings is 1. The topological polar surface area (TPSA) is 35.0 Å². The molecule has 6 heteroatoms. The van der Waals surface area contributed by atoms with Crippen LogP contribution < -0.4 is 4.74 Å². The molecule has 0 unspecified atom stereocenters. The van der Waals surface area contributed by atoms with Gasteiger partial charge in [-0.2, -0.15) is 0 Å². The van der Waals surface area contributed by atoms with Crippen molar-refractivity contribution in [3.05, 3.63) is 59.5 Å². The monoisotopic (exact) mass is 292 g/mol. The molecular weight excluding hydrogens is 286 g/mol. The summed E-state index contributed by atoms with van der Waals surface area (Å²) in [6, 6.07) is 6.37. The van der Waals surface area contributed by atoms with Crippen LogP contribution in [0.25, 0.3) is 10.8 Å². The molecule has 0 saturated heterocycles. The third-order valence-electron chi connectivity index (χ3n) is 2.70. The molecule has 0 N–H and O–H groups in total. The van der Waals surface area contributed by atoms with E-state index in [1.165, 1.54) is 12.4 Å². The average molecular weight is 293 g/mol. The van der Waals surface area contributed by atoms with Gasteiger partial charge in [-0.05, 0) is 29.7 Å². The minimum Gasteiger partial charge on any atom is -0.435 e. The molecule has 0 aliphatic heterocycles. The lowest BCUT2D eigenvalue weighted by Gasteiger charge is -2.09. The third kappa shape index (κ3) is 2.28. The van der Waals surface area contributed by atoms with Crippen LogP contribution in [0.3, 0.4) is 0 Å². The number of halogens is 3. The summed E-state index contributed by atoms with van der Waals surface area (Å²) in [6.07, 6.45) is 3.03. The molecule has 0 aliphatic carbocycles. The highest BCUT2D eigenvalue weighted by molar-refractivity contribution is 6.34. The van der Waals surface area contributed by atoms with Gasteiger partial charge in [0.25, 0.3) is 0 Å². The van der Waals surface area contributed by atoms with Crippen LogP contribution in [-0.2, 0) is 0 Å². The minimum absolute atomic E-state index is 0.0742. The first-order valence-electron chi connectivity index (χ1n) is 5.67. The summed E-state index contributed by atoms with van der Waals surface area (Å²) in [4.78, 5) is 7.93. The van der Waals surface area contributed by atoms with Gasteiger partial charge in [-0.3, -0.25) is 0 Å². The lowest BCUT2D eigenvalue weighted by Crippen LogP contribution is -1.94. The lowest BCUT2D eigenvalue weighted by molar-refractivity contribution is 0.427. The van der Waals surface area contributed by atoms with E-state index in [1.807, 2.05) is 0 Å². The molecule has 0 radical (unpaired) electrons. The average Bonchev–Trinajstić information content (AvgIpc) is 2.43. The van der Waals surface area contributed by atoms with Crippen molar-refractivity contribution in [1.82, 2.24) is 9.97 Å². The minimum atomic E-state index is -0.690. The molecule has 0 bridgehead atoms. The fraction of sp³-hybridized carbons (Fsp3) is 0. The summed E-state index contributed by atoms with van der Waals surface area (Å²) in [5, 5.41) is 1.37. The van der Waals surface area contributed by atoms with Crippen LogP contribution in [0.5, 0.6) is 11.6 Å². The molecule has 2 heterocycles. The molecule has 3 aromatic rings. The Morgan fingerprint density at radius 2 is 1.75 bits per heavy atom. The fourth-order valence-corrected chi connectivity index (χ4v) is 2.03. The highest BCUT2D eigenvalue weighted by atomic mass is 35.5. The maximum atomic E-state index is 13.6. The molecule has 3 rings (SSSR count). The summed E-state index contributed by atoms with van der Waals surface area (Å²) in [6.45, 7) is 0. The predicted molar refractivity (Wildman–Crippen MR) is 71.0 cm³/mol. The molecule has 0 atom stereocenters. The molecule has 20 heavy (non-hydrogen) atoms. The normalized spacial score (nSPS) is 10.8. The zero-order valence-corrected chi connectivity index (χ0v) is 10.7. The number of ether oxygens (including phenoxy) is 1. The summed E-state index contributed by atoms with van der Waals surface area (Å²) >= 11 is 6.00. The van der Waals surface area contributed by atoms with Crippen molar-refractivity contribution in [2.45, 2.75) is 0 Å². The van der Waals surface area contributed by atoms with Gasteiger partial charge < -0.3 is 4.74 Å². The Balaban J connectivity index is 2.13. The largest absolute Gasteiger partial charge is 0.435 e. The van der Waals surface area contributed by atoms with Gasteiger partial charge in [0.15, 0.2) is 11.6 Å². The number of fused-ring (bicyclic) bond motifs is 1. The van der Waals surface area contributed by atoms with Gasteiger partial charge in [0.1, 0.15) is 11.0 Å². The van der Waals surface area contributed by atoms with Crippen molar-refractivity contribution < 1.29 is 13.5 Å². The molecule has 3 nitrogen and oxygen atoms in total. The van der Waals surface area contributed by atoms with Gasteiger partial charge in [-0.25, -0.2) is 18.7 Å². The molecule has 1 aromatic carbocycles. The highest BCUT2D eigenvalue weighted by Gasteiger charge is 2.12. The quantitative estimate of drug-likeness (QED) is 0.659. The number of aromatic nitrogens is 2. The summed E-state index contributed by atoms with van der Waals surface area (Å²) in [5.41, 5.74) is 0. The first kappa shape index (κ1) is 12.7. The van der Waals surface area contributed by atoms with Crippen LogP contribution in [0.4, 0.5) is 8.78 Å². The molecule has 0 aliphatic rings. The van der Waals surface area contributed by atoms with Gasteiger partial charge in [-0.15, -0.1) is 0 Å². The van der Waals surface area contributed by atoms with E-state index >= 15 is 0 Å². The van der Waals surface area contributed by atoms with Crippen molar-refractivity contribution in [2.75, 3.05) is 0 Å². The fourth-order valence-electron chi connectivity index (χ4n) is 1.79. The van der Waals surface area contributed by atoms with E-state index in [0.717, 1.165) is 23.6 Å². The maximum Gasteiger partial charge on any atom is 0.230 e. The van der Waals surface area contributed by atoms with Crippen molar-refractivity contribution >= 4 is 22.4 Å². The Bertz CT molecular complexity index is 790. The van der Waals surface area contributed by atoms with Gasteiger partial charge in [0.05, 0.1) is 5.39 Å². The van der Waals surface area contributed by atoms with Crippen LogP contribution in [0, 0.1) is 11.6 Å². The van der Waals surface area contributed by atoms with Gasteiger partial charge >= 0.3 is 0 Å². The highest BCUT2D eigenvalue weighted by Crippen LogP contribution is 2.32. The van der Waals surface area contributed by atoms with E-state index in [9.17, 15) is 8.78 Å². The summed E-state index contributed by atoms with van der Waals surface area (Å²) in [5.74, 6) is -1.48. The molecule has 0 saturated carbocycles. The zero-order chi connectivity index (χ0) is 14.1. The van der Waals surface area contributed by atoms with Crippen molar-refractivity contribution in [2.24, 2.45) is 0 Å². The van der Waals surface area contributed by atoms with E-state index in [4.69, 9.17) is 16.3 Å². The van der Waals surface area contributed by atoms with E-state index in [0.29, 0.717) is 5.39 Å². The van der Waals surface area contributed by atoms with Crippen molar-refractivity contribution in [3.8, 4) is 11.6 Å². The van der Waals surface area contributed by atoms with Crippen LogP contribution in [0.1, 0.15) is 0 Å². The Kier molecular flexibility index (Phi) is 3.20. The maximum absolute atomic E-state index is 13.6. The second-order valence-electron chi connectivity index (χ2n) is 3.99. The number of hydrogen-bond acceptors (Lipinski definition) is 3. The van der Waals surface area contributed by atoms with Gasteiger partial charge in [0.2, 0.25) is 5.88 Å². The Hall–Kier alpha value is -2.27. The third-order valence-corrected chi connectivity index (χ3v) is 2.98. The smallest absolute Gasteiger partial charge is 0.230 e. The number of nitrogens with zero attached hydrogens (tertiary/aromatic N) is 2. The Morgan fingerprint density at radius 3 is 2.55 bits per heavy atom. The SMILES string of the molecule is Fc1ccc(F)c(Oc2nccc3ccnc(Cl)c23)c1. The van der Waals surface area contributed by atoms with Gasteiger partial charge in [-0.1, -0.05) is 11.6 Å². The standard InChI is InChI=1S/C14H7ClF2N2O/c15-13-12-8(3-5-18-13)4-6-19-14(12)20-11-7-9(16)1-2-10(11)17/h1-7H. The molecule has 0 spiro atoms. The zero-order valence-electron chi connectivity index (χ0n) is 9.98. The molecule has 0 amide bonds. The van der Waals surface area contributed by atoms with E-state index in [1.54, 1.807) is 12.1 Å². The lowest BCUT2D eigenvalue weighted by atomic mass is 10.2.